The zero-order chi connectivity index (χ0) is 36.0. The summed E-state index contributed by atoms with van der Waals surface area (Å²) in [5, 5.41) is 0. The first-order valence-electron chi connectivity index (χ1n) is 20.6. The largest absolute Gasteiger partial charge is 0.494 e. The van der Waals surface area contributed by atoms with Gasteiger partial charge in [-0.3, -0.25) is 0 Å². The normalized spacial score (nSPS) is 11.0. The molecule has 3 rings (SSSR count). The van der Waals surface area contributed by atoms with Gasteiger partial charge in [0.15, 0.2) is 0 Å². The zero-order valence-corrected chi connectivity index (χ0v) is 32.0. The Kier molecular flexibility index (Phi) is 23.1. The highest BCUT2D eigenvalue weighted by Crippen LogP contribution is 2.28. The highest BCUT2D eigenvalue weighted by Gasteiger charge is 2.04. The molecule has 280 valence electrons. The lowest BCUT2D eigenvalue weighted by Gasteiger charge is -2.09. The molecular weight excluding hydrogens is 629 g/mol. The molecule has 0 saturated heterocycles. The van der Waals surface area contributed by atoms with Crippen LogP contribution in [0.1, 0.15) is 148 Å². The third kappa shape index (κ3) is 19.6. The van der Waals surface area contributed by atoms with Gasteiger partial charge in [-0.05, 0) is 65.8 Å². The van der Waals surface area contributed by atoms with E-state index in [1.165, 1.54) is 144 Å². The molecule has 0 fully saturated rings. The number of hydrogen-bond acceptors (Lipinski definition) is 4. The van der Waals surface area contributed by atoms with Crippen molar-refractivity contribution in [2.45, 2.75) is 148 Å². The SMILES string of the molecule is C=CC(=O)OCCCCCCCCCCCCOc1ccc(-c2ccc(-c3ccc(OCCCCCCCCCCCCCC)cc3)cc2)cc1. The molecule has 4 nitrogen and oxygen atoms in total. The number of carbonyl (C=O) groups excluding carboxylic acids is 1. The predicted molar refractivity (Wildman–Crippen MR) is 217 cm³/mol. The first-order valence-corrected chi connectivity index (χ1v) is 20.6. The topological polar surface area (TPSA) is 44.8 Å². The smallest absolute Gasteiger partial charge is 0.330 e. The maximum Gasteiger partial charge on any atom is 0.330 e. The van der Waals surface area contributed by atoms with Crippen molar-refractivity contribution in [1.82, 2.24) is 0 Å². The van der Waals surface area contributed by atoms with E-state index < -0.39 is 0 Å². The van der Waals surface area contributed by atoms with E-state index in [9.17, 15) is 4.79 Å². The summed E-state index contributed by atoms with van der Waals surface area (Å²) < 4.78 is 17.1. The molecule has 3 aromatic carbocycles. The van der Waals surface area contributed by atoms with Gasteiger partial charge < -0.3 is 14.2 Å². The van der Waals surface area contributed by atoms with Crippen molar-refractivity contribution < 1.29 is 19.0 Å². The van der Waals surface area contributed by atoms with Gasteiger partial charge in [0, 0.05) is 6.08 Å². The number of hydrogen-bond donors (Lipinski definition) is 0. The van der Waals surface area contributed by atoms with Crippen molar-refractivity contribution in [2.24, 2.45) is 0 Å². The molecule has 0 unspecified atom stereocenters. The van der Waals surface area contributed by atoms with Gasteiger partial charge >= 0.3 is 5.97 Å². The Morgan fingerprint density at radius 3 is 1.02 bits per heavy atom. The van der Waals surface area contributed by atoms with Gasteiger partial charge in [0.05, 0.1) is 19.8 Å². The van der Waals surface area contributed by atoms with E-state index in [0.29, 0.717) is 6.61 Å². The van der Waals surface area contributed by atoms with Crippen molar-refractivity contribution in [3.63, 3.8) is 0 Å². The van der Waals surface area contributed by atoms with E-state index in [4.69, 9.17) is 14.2 Å². The van der Waals surface area contributed by atoms with Crippen molar-refractivity contribution in [2.75, 3.05) is 19.8 Å². The quantitative estimate of drug-likeness (QED) is 0.0382. The monoisotopic (exact) mass is 697 g/mol. The zero-order valence-electron chi connectivity index (χ0n) is 32.0. The molecule has 0 heterocycles. The van der Waals surface area contributed by atoms with Gasteiger partial charge in [0.1, 0.15) is 11.5 Å². The molecule has 0 aliphatic carbocycles. The Bertz CT molecular complexity index is 1280. The Balaban J connectivity index is 1.20. The van der Waals surface area contributed by atoms with Crippen molar-refractivity contribution >= 4 is 5.97 Å². The van der Waals surface area contributed by atoms with Gasteiger partial charge in [-0.2, -0.15) is 0 Å². The maximum atomic E-state index is 11.0. The second-order valence-electron chi connectivity index (χ2n) is 14.1. The molecule has 0 radical (unpaired) electrons. The van der Waals surface area contributed by atoms with Crippen LogP contribution in [0.3, 0.4) is 0 Å². The van der Waals surface area contributed by atoms with Crippen molar-refractivity contribution in [1.29, 1.82) is 0 Å². The Morgan fingerprint density at radius 2 is 0.706 bits per heavy atom. The third-order valence-electron chi connectivity index (χ3n) is 9.75. The highest BCUT2D eigenvalue weighted by atomic mass is 16.5. The molecule has 0 atom stereocenters. The second kappa shape index (κ2) is 28.1. The van der Waals surface area contributed by atoms with Crippen LogP contribution in [0.4, 0.5) is 0 Å². The summed E-state index contributed by atoms with van der Waals surface area (Å²) >= 11 is 0. The third-order valence-corrected chi connectivity index (χ3v) is 9.75. The van der Waals surface area contributed by atoms with Gasteiger partial charge in [-0.1, -0.05) is 184 Å². The first-order chi connectivity index (χ1) is 25.2. The van der Waals surface area contributed by atoms with E-state index in [0.717, 1.165) is 50.4 Å². The molecule has 0 aromatic heterocycles. The average molecular weight is 697 g/mol. The van der Waals surface area contributed by atoms with E-state index in [2.05, 4.69) is 86.3 Å². The number of carbonyl (C=O) groups is 1. The van der Waals surface area contributed by atoms with E-state index in [1.54, 1.807) is 0 Å². The molecule has 0 bridgehead atoms. The highest BCUT2D eigenvalue weighted by molar-refractivity contribution is 5.81. The summed E-state index contributed by atoms with van der Waals surface area (Å²) in [7, 11) is 0. The summed E-state index contributed by atoms with van der Waals surface area (Å²) in [6.45, 7) is 7.78. The fraction of sp³-hybridized carbons (Fsp3) is 0.553. The van der Waals surface area contributed by atoms with Crippen molar-refractivity contribution in [3.8, 4) is 33.8 Å². The summed E-state index contributed by atoms with van der Waals surface area (Å²) in [5.74, 6) is 1.58. The minimum atomic E-state index is -0.320. The minimum Gasteiger partial charge on any atom is -0.494 e. The number of rotatable bonds is 31. The first kappa shape index (κ1) is 41.9. The Morgan fingerprint density at radius 1 is 0.431 bits per heavy atom. The van der Waals surface area contributed by atoms with Crippen LogP contribution in [0.5, 0.6) is 11.5 Å². The minimum absolute atomic E-state index is 0.320. The number of esters is 1. The van der Waals surface area contributed by atoms with Gasteiger partial charge in [-0.25, -0.2) is 4.79 Å². The molecule has 0 N–H and O–H groups in total. The van der Waals surface area contributed by atoms with Crippen LogP contribution in [0.15, 0.2) is 85.5 Å². The van der Waals surface area contributed by atoms with Gasteiger partial charge in [-0.15, -0.1) is 0 Å². The molecule has 51 heavy (non-hydrogen) atoms. The lowest BCUT2D eigenvalue weighted by atomic mass is 10.0. The molecule has 0 spiro atoms. The van der Waals surface area contributed by atoms with E-state index >= 15 is 0 Å². The second-order valence-corrected chi connectivity index (χ2v) is 14.1. The molecule has 0 amide bonds. The number of unbranched alkanes of at least 4 members (excludes halogenated alkanes) is 20. The molecule has 4 heteroatoms. The van der Waals surface area contributed by atoms with Crippen molar-refractivity contribution in [3.05, 3.63) is 85.5 Å². The summed E-state index contributed by atoms with van der Waals surface area (Å²) in [6.07, 6.45) is 29.6. The summed E-state index contributed by atoms with van der Waals surface area (Å²) in [4.78, 5) is 11.0. The van der Waals surface area contributed by atoms with Crippen LogP contribution >= 0.6 is 0 Å². The van der Waals surface area contributed by atoms with Crippen LogP contribution in [-0.2, 0) is 9.53 Å². The standard InChI is InChI=1S/C47H68O4/c1-3-5-6-7-8-9-10-11-14-17-20-23-38-49-45-34-30-43(31-35-45)41-26-28-42(29-27-41)44-32-36-46(37-33-44)50-39-24-21-18-15-12-13-16-19-22-25-40-51-47(48)4-2/h4,26-37H,2-3,5-25,38-40H2,1H3. The lowest BCUT2D eigenvalue weighted by Crippen LogP contribution is -2.01. The van der Waals surface area contributed by atoms with Crippen LogP contribution in [0.2, 0.25) is 0 Å². The van der Waals surface area contributed by atoms with Gasteiger partial charge in [0.25, 0.3) is 0 Å². The fourth-order valence-corrected chi connectivity index (χ4v) is 6.52. The average Bonchev–Trinajstić information content (AvgIpc) is 3.17. The Labute approximate surface area is 311 Å². The molecule has 0 saturated carbocycles. The fourth-order valence-electron chi connectivity index (χ4n) is 6.52. The summed E-state index contributed by atoms with van der Waals surface area (Å²) in [5.41, 5.74) is 4.83. The summed E-state index contributed by atoms with van der Waals surface area (Å²) in [6, 6.07) is 25.8. The van der Waals surface area contributed by atoms with Crippen LogP contribution in [0, 0.1) is 0 Å². The molecule has 0 aliphatic rings. The molecular formula is C47H68O4. The maximum absolute atomic E-state index is 11.0. The number of benzene rings is 3. The molecule has 0 aliphatic heterocycles. The van der Waals surface area contributed by atoms with Crippen LogP contribution in [-0.4, -0.2) is 25.8 Å². The molecule has 3 aromatic rings. The van der Waals surface area contributed by atoms with E-state index in [1.807, 2.05) is 0 Å². The Hall–Kier alpha value is -3.53. The number of ether oxygens (including phenoxy) is 3. The lowest BCUT2D eigenvalue weighted by molar-refractivity contribution is -0.137. The van der Waals surface area contributed by atoms with E-state index in [-0.39, 0.29) is 5.97 Å². The van der Waals surface area contributed by atoms with Gasteiger partial charge in [0.2, 0.25) is 0 Å². The predicted octanol–water partition coefficient (Wildman–Crippen LogP) is 14.1. The van der Waals surface area contributed by atoms with Crippen LogP contribution < -0.4 is 9.47 Å². The van der Waals surface area contributed by atoms with Crippen LogP contribution in [0.25, 0.3) is 22.3 Å².